The molecule has 0 bridgehead atoms. The van der Waals surface area contributed by atoms with E-state index < -0.39 is 5.82 Å². The number of hydrogen-bond donors (Lipinski definition) is 1. The number of anilines is 1. The van der Waals surface area contributed by atoms with E-state index in [0.29, 0.717) is 23.4 Å². The van der Waals surface area contributed by atoms with Gasteiger partial charge in [0.25, 0.3) is 0 Å². The van der Waals surface area contributed by atoms with Crippen LogP contribution >= 0.6 is 11.3 Å². The van der Waals surface area contributed by atoms with Gasteiger partial charge in [0.2, 0.25) is 0 Å². The first-order valence-electron chi connectivity index (χ1n) is 11.3. The molecule has 3 aromatic heterocycles. The van der Waals surface area contributed by atoms with Crippen LogP contribution in [0.3, 0.4) is 0 Å². The lowest BCUT2D eigenvalue weighted by atomic mass is 10.0. The molecule has 4 aromatic rings. The van der Waals surface area contributed by atoms with Crippen molar-refractivity contribution in [3.63, 3.8) is 0 Å². The number of benzene rings is 1. The fourth-order valence-corrected chi connectivity index (χ4v) is 5.44. The number of aromatic nitrogens is 3. The second-order valence-corrected chi connectivity index (χ2v) is 10.1. The summed E-state index contributed by atoms with van der Waals surface area (Å²) in [7, 11) is 0. The van der Waals surface area contributed by atoms with Gasteiger partial charge < -0.3 is 15.4 Å². The number of nitrogens with zero attached hydrogens (tertiary/aromatic N) is 4. The smallest absolute Gasteiger partial charge is 0.167 e. The summed E-state index contributed by atoms with van der Waals surface area (Å²) in [6.07, 6.45) is 7.97. The fraction of sp³-hybridized carbons (Fsp3) is 0.360. The molecule has 33 heavy (non-hydrogen) atoms. The van der Waals surface area contributed by atoms with Crippen LogP contribution in [0.25, 0.3) is 20.7 Å². The van der Waals surface area contributed by atoms with Crippen LogP contribution in [0.15, 0.2) is 48.9 Å². The summed E-state index contributed by atoms with van der Waals surface area (Å²) >= 11 is 1.58. The van der Waals surface area contributed by atoms with Crippen LogP contribution in [0.2, 0.25) is 0 Å². The molecule has 8 heteroatoms. The predicted molar refractivity (Wildman–Crippen MR) is 131 cm³/mol. The van der Waals surface area contributed by atoms with E-state index in [1.54, 1.807) is 35.7 Å². The molecule has 0 radical (unpaired) electrons. The molecule has 0 aliphatic carbocycles. The Morgan fingerprint density at radius 2 is 2.00 bits per heavy atom. The van der Waals surface area contributed by atoms with Gasteiger partial charge in [-0.25, -0.2) is 4.39 Å². The van der Waals surface area contributed by atoms with Crippen LogP contribution in [-0.2, 0) is 0 Å². The van der Waals surface area contributed by atoms with Crippen molar-refractivity contribution < 1.29 is 9.13 Å². The number of thiophene rings is 1. The summed E-state index contributed by atoms with van der Waals surface area (Å²) in [6, 6.07) is 8.66. The number of halogens is 1. The van der Waals surface area contributed by atoms with Gasteiger partial charge in [-0.3, -0.25) is 9.67 Å². The first kappa shape index (κ1) is 21.9. The summed E-state index contributed by atoms with van der Waals surface area (Å²) in [5, 5.41) is 4.67. The van der Waals surface area contributed by atoms with Crippen molar-refractivity contribution >= 4 is 27.2 Å². The average Bonchev–Trinajstić information content (AvgIpc) is 3.43. The van der Waals surface area contributed by atoms with E-state index in [2.05, 4.69) is 39.7 Å². The molecule has 2 N–H and O–H groups in total. The summed E-state index contributed by atoms with van der Waals surface area (Å²) in [6.45, 7) is 7.94. The zero-order valence-electron chi connectivity index (χ0n) is 18.9. The number of likely N-dealkylation sites (tertiary alicyclic amines) is 1. The molecule has 172 valence electrons. The van der Waals surface area contributed by atoms with Crippen molar-refractivity contribution in [2.24, 2.45) is 5.92 Å². The van der Waals surface area contributed by atoms with Gasteiger partial charge in [0.05, 0.1) is 22.5 Å². The van der Waals surface area contributed by atoms with E-state index in [4.69, 9.17) is 10.5 Å². The van der Waals surface area contributed by atoms with Crippen LogP contribution in [0.4, 0.5) is 10.1 Å². The quantitative estimate of drug-likeness (QED) is 0.356. The van der Waals surface area contributed by atoms with Crippen molar-refractivity contribution in [1.29, 1.82) is 0 Å². The fourth-order valence-electron chi connectivity index (χ4n) is 4.40. The van der Waals surface area contributed by atoms with E-state index in [1.807, 2.05) is 12.3 Å². The molecular weight excluding hydrogens is 437 g/mol. The third-order valence-corrected chi connectivity index (χ3v) is 7.18. The summed E-state index contributed by atoms with van der Waals surface area (Å²) in [4.78, 5) is 8.09. The van der Waals surface area contributed by atoms with Crippen molar-refractivity contribution in [3.05, 3.63) is 54.7 Å². The van der Waals surface area contributed by atoms with Gasteiger partial charge in [0.1, 0.15) is 5.75 Å². The summed E-state index contributed by atoms with van der Waals surface area (Å²) in [5.74, 6) is 0.926. The highest BCUT2D eigenvalue weighted by molar-refractivity contribution is 7.22. The first-order valence-corrected chi connectivity index (χ1v) is 12.2. The molecule has 1 aromatic carbocycles. The van der Waals surface area contributed by atoms with Gasteiger partial charge in [0.15, 0.2) is 11.6 Å². The number of nitrogen functional groups attached to an aromatic ring is 1. The Morgan fingerprint density at radius 3 is 2.76 bits per heavy atom. The van der Waals surface area contributed by atoms with Crippen LogP contribution in [0, 0.1) is 11.7 Å². The van der Waals surface area contributed by atoms with Gasteiger partial charge in [-0.05, 0) is 37.0 Å². The second-order valence-electron chi connectivity index (χ2n) is 9.06. The normalized spacial score (nSPS) is 15.5. The average molecular weight is 466 g/mol. The Bertz CT molecular complexity index is 1260. The van der Waals surface area contributed by atoms with Gasteiger partial charge >= 0.3 is 0 Å². The lowest BCUT2D eigenvalue weighted by Crippen LogP contribution is -2.36. The summed E-state index contributed by atoms with van der Waals surface area (Å²) < 4.78 is 23.1. The minimum atomic E-state index is -0.488. The number of pyridine rings is 1. The number of rotatable bonds is 6. The first-order chi connectivity index (χ1) is 16.0. The molecule has 5 rings (SSSR count). The number of ether oxygens (including phenoxy) is 1. The van der Waals surface area contributed by atoms with Gasteiger partial charge in [-0.2, -0.15) is 5.10 Å². The summed E-state index contributed by atoms with van der Waals surface area (Å²) in [5.41, 5.74) is 7.89. The largest absolute Gasteiger partial charge is 0.453 e. The number of nitrogens with two attached hydrogens (primary N) is 1. The van der Waals surface area contributed by atoms with Crippen LogP contribution in [-0.4, -0.2) is 39.3 Å². The minimum Gasteiger partial charge on any atom is -0.453 e. The molecule has 1 saturated heterocycles. The maximum atomic E-state index is 14.2. The van der Waals surface area contributed by atoms with Crippen LogP contribution in [0.1, 0.15) is 32.7 Å². The van der Waals surface area contributed by atoms with Gasteiger partial charge in [0, 0.05) is 60.3 Å². The molecule has 4 heterocycles. The van der Waals surface area contributed by atoms with E-state index in [0.717, 1.165) is 53.1 Å². The van der Waals surface area contributed by atoms with Gasteiger partial charge in [-0.15, -0.1) is 11.3 Å². The minimum absolute atomic E-state index is 0.142. The molecule has 0 saturated carbocycles. The molecule has 0 unspecified atom stereocenters. The van der Waals surface area contributed by atoms with Crippen LogP contribution in [0.5, 0.6) is 11.5 Å². The second kappa shape index (κ2) is 9.11. The van der Waals surface area contributed by atoms with Gasteiger partial charge in [-0.1, -0.05) is 13.8 Å². The SMILES string of the molecule is CC(C)CN1CCC(n2cc(-c3cc4nccc(Oc5ccc(N)cc5F)c4s3)cn2)CC1. The van der Waals surface area contributed by atoms with Crippen molar-refractivity contribution in [1.82, 2.24) is 19.7 Å². The van der Waals surface area contributed by atoms with E-state index in [-0.39, 0.29) is 5.75 Å². The Balaban J connectivity index is 1.35. The van der Waals surface area contributed by atoms with Crippen molar-refractivity contribution in [3.8, 4) is 21.9 Å². The van der Waals surface area contributed by atoms with E-state index >= 15 is 0 Å². The maximum Gasteiger partial charge on any atom is 0.167 e. The Morgan fingerprint density at radius 1 is 1.18 bits per heavy atom. The molecule has 1 fully saturated rings. The highest BCUT2D eigenvalue weighted by Gasteiger charge is 2.22. The third kappa shape index (κ3) is 4.72. The highest BCUT2D eigenvalue weighted by Crippen LogP contribution is 2.40. The Kier molecular flexibility index (Phi) is 6.03. The predicted octanol–water partition coefficient (Wildman–Crippen LogP) is 5.97. The molecule has 0 atom stereocenters. The Labute approximate surface area is 196 Å². The lowest BCUT2D eigenvalue weighted by Gasteiger charge is -2.33. The number of fused-ring (bicyclic) bond motifs is 1. The van der Waals surface area contributed by atoms with Crippen molar-refractivity contribution in [2.75, 3.05) is 25.4 Å². The number of hydrogen-bond acceptors (Lipinski definition) is 6. The third-order valence-electron chi connectivity index (χ3n) is 5.99. The zero-order valence-corrected chi connectivity index (χ0v) is 19.7. The monoisotopic (exact) mass is 465 g/mol. The lowest BCUT2D eigenvalue weighted by molar-refractivity contribution is 0.164. The molecule has 0 spiro atoms. The topological polar surface area (TPSA) is 69.2 Å². The highest BCUT2D eigenvalue weighted by atomic mass is 32.1. The molecular formula is C25H28FN5OS. The van der Waals surface area contributed by atoms with Crippen molar-refractivity contribution in [2.45, 2.75) is 32.7 Å². The molecule has 0 amide bonds. The zero-order chi connectivity index (χ0) is 22.9. The molecule has 6 nitrogen and oxygen atoms in total. The molecule has 1 aliphatic heterocycles. The standard InChI is InChI=1S/C25H28FN5OS/c1-16(2)14-30-9-6-19(7-10-30)31-15-17(13-29-31)24-12-21-25(33-24)23(5-8-28-21)32-22-4-3-18(27)11-20(22)26/h3-5,8,11-13,15-16,19H,6-7,9-10,14,27H2,1-2H3. The number of piperidine rings is 1. The van der Waals surface area contributed by atoms with E-state index in [1.165, 1.54) is 6.07 Å². The van der Waals surface area contributed by atoms with Crippen LogP contribution < -0.4 is 10.5 Å². The van der Waals surface area contributed by atoms with E-state index in [9.17, 15) is 4.39 Å². The molecule has 1 aliphatic rings. The maximum absolute atomic E-state index is 14.2. The Hall–Kier alpha value is -2.97.